The van der Waals surface area contributed by atoms with Gasteiger partial charge < -0.3 is 5.32 Å². The highest BCUT2D eigenvalue weighted by atomic mass is 14.9. The molecule has 1 atom stereocenters. The number of rotatable bonds is 2. The minimum Gasteiger partial charge on any atom is -0.389 e. The standard InChI is InChI=1S/C8H15N/c1-3-4-8-5-7(2)9-6-8/h8-9H,2-6H2,1H3/t8-/m1/s1. The smallest absolute Gasteiger partial charge is 0.0175 e. The Kier molecular flexibility index (Phi) is 2.15. The number of nitrogens with one attached hydrogen (secondary N) is 1. The number of allylic oxidation sites excluding steroid dienone is 1. The third kappa shape index (κ3) is 1.74. The second kappa shape index (κ2) is 2.90. The van der Waals surface area contributed by atoms with E-state index in [2.05, 4.69) is 18.8 Å². The summed E-state index contributed by atoms with van der Waals surface area (Å²) >= 11 is 0. The Labute approximate surface area is 57.1 Å². The van der Waals surface area contributed by atoms with Crippen LogP contribution in [0, 0.1) is 5.92 Å². The summed E-state index contributed by atoms with van der Waals surface area (Å²) in [6, 6.07) is 0. The van der Waals surface area contributed by atoms with Crippen molar-refractivity contribution < 1.29 is 0 Å². The molecule has 0 aromatic rings. The van der Waals surface area contributed by atoms with Crippen molar-refractivity contribution in [2.75, 3.05) is 6.54 Å². The molecule has 1 saturated heterocycles. The molecule has 0 bridgehead atoms. The third-order valence-electron chi connectivity index (χ3n) is 1.87. The molecule has 0 aromatic heterocycles. The van der Waals surface area contributed by atoms with Crippen LogP contribution in [-0.4, -0.2) is 6.54 Å². The van der Waals surface area contributed by atoms with Gasteiger partial charge in [0, 0.05) is 12.2 Å². The van der Waals surface area contributed by atoms with Gasteiger partial charge in [-0.3, -0.25) is 0 Å². The van der Waals surface area contributed by atoms with Crippen molar-refractivity contribution >= 4 is 0 Å². The second-order valence-electron chi connectivity index (χ2n) is 2.84. The molecule has 0 spiro atoms. The van der Waals surface area contributed by atoms with Crippen molar-refractivity contribution in [3.8, 4) is 0 Å². The van der Waals surface area contributed by atoms with Crippen LogP contribution in [0.5, 0.6) is 0 Å². The molecule has 0 saturated carbocycles. The second-order valence-corrected chi connectivity index (χ2v) is 2.84. The summed E-state index contributed by atoms with van der Waals surface area (Å²) in [5.41, 5.74) is 1.23. The summed E-state index contributed by atoms with van der Waals surface area (Å²) < 4.78 is 0. The minimum absolute atomic E-state index is 0.877. The third-order valence-corrected chi connectivity index (χ3v) is 1.87. The molecule has 9 heavy (non-hydrogen) atoms. The van der Waals surface area contributed by atoms with Crippen LogP contribution in [0.15, 0.2) is 12.3 Å². The average molecular weight is 125 g/mol. The van der Waals surface area contributed by atoms with Crippen LogP contribution < -0.4 is 5.32 Å². The van der Waals surface area contributed by atoms with E-state index in [-0.39, 0.29) is 0 Å². The lowest BCUT2D eigenvalue weighted by atomic mass is 10.0. The lowest BCUT2D eigenvalue weighted by Gasteiger charge is -2.02. The Morgan fingerprint density at radius 1 is 1.78 bits per heavy atom. The monoisotopic (exact) mass is 125 g/mol. The van der Waals surface area contributed by atoms with Gasteiger partial charge in [-0.15, -0.1) is 0 Å². The predicted octanol–water partition coefficient (Wildman–Crippen LogP) is 1.91. The lowest BCUT2D eigenvalue weighted by molar-refractivity contribution is 0.528. The Bertz CT molecular complexity index is 107. The zero-order chi connectivity index (χ0) is 6.69. The van der Waals surface area contributed by atoms with Crippen LogP contribution in [0.1, 0.15) is 26.2 Å². The Morgan fingerprint density at radius 2 is 2.56 bits per heavy atom. The van der Waals surface area contributed by atoms with Gasteiger partial charge in [0.05, 0.1) is 0 Å². The minimum atomic E-state index is 0.877. The fourth-order valence-corrected chi connectivity index (χ4v) is 1.39. The van der Waals surface area contributed by atoms with E-state index in [1.54, 1.807) is 0 Å². The highest BCUT2D eigenvalue weighted by Crippen LogP contribution is 2.19. The van der Waals surface area contributed by atoms with Crippen molar-refractivity contribution in [3.63, 3.8) is 0 Å². The maximum atomic E-state index is 3.88. The fourth-order valence-electron chi connectivity index (χ4n) is 1.39. The first-order valence-corrected chi connectivity index (χ1v) is 3.74. The van der Waals surface area contributed by atoms with Crippen LogP contribution in [-0.2, 0) is 0 Å². The maximum Gasteiger partial charge on any atom is 0.0175 e. The van der Waals surface area contributed by atoms with Crippen molar-refractivity contribution in [2.45, 2.75) is 26.2 Å². The van der Waals surface area contributed by atoms with E-state index in [1.165, 1.54) is 25.0 Å². The summed E-state index contributed by atoms with van der Waals surface area (Å²) in [5.74, 6) is 0.877. The van der Waals surface area contributed by atoms with Crippen LogP contribution in [0.25, 0.3) is 0 Å². The van der Waals surface area contributed by atoms with E-state index in [0.29, 0.717) is 0 Å². The first kappa shape index (κ1) is 6.66. The summed E-state index contributed by atoms with van der Waals surface area (Å²) in [7, 11) is 0. The van der Waals surface area contributed by atoms with E-state index < -0.39 is 0 Å². The van der Waals surface area contributed by atoms with Crippen molar-refractivity contribution in [3.05, 3.63) is 12.3 Å². The highest BCUT2D eigenvalue weighted by Gasteiger charge is 2.15. The largest absolute Gasteiger partial charge is 0.389 e. The summed E-state index contributed by atoms with van der Waals surface area (Å²) in [6.07, 6.45) is 3.86. The average Bonchev–Trinajstić information content (AvgIpc) is 2.17. The molecule has 0 radical (unpaired) electrons. The van der Waals surface area contributed by atoms with Gasteiger partial charge >= 0.3 is 0 Å². The predicted molar refractivity (Wildman–Crippen MR) is 40.2 cm³/mol. The van der Waals surface area contributed by atoms with Crippen molar-refractivity contribution in [1.29, 1.82) is 0 Å². The molecule has 0 aromatic carbocycles. The molecule has 0 amide bonds. The van der Waals surface area contributed by atoms with Gasteiger partial charge in [0.15, 0.2) is 0 Å². The van der Waals surface area contributed by atoms with E-state index in [9.17, 15) is 0 Å². The van der Waals surface area contributed by atoms with E-state index in [1.807, 2.05) is 0 Å². The van der Waals surface area contributed by atoms with Crippen LogP contribution in [0.3, 0.4) is 0 Å². The molecular formula is C8H15N. The fraction of sp³-hybridized carbons (Fsp3) is 0.750. The molecule has 1 fully saturated rings. The Hall–Kier alpha value is -0.460. The van der Waals surface area contributed by atoms with Gasteiger partial charge in [-0.05, 0) is 18.8 Å². The summed E-state index contributed by atoms with van der Waals surface area (Å²) in [6.45, 7) is 7.27. The van der Waals surface area contributed by atoms with Gasteiger partial charge in [0.2, 0.25) is 0 Å². The summed E-state index contributed by atoms with van der Waals surface area (Å²) in [5, 5.41) is 3.26. The lowest BCUT2D eigenvalue weighted by Crippen LogP contribution is -2.07. The topological polar surface area (TPSA) is 12.0 Å². The molecule has 52 valence electrons. The highest BCUT2D eigenvalue weighted by molar-refractivity contribution is 4.99. The first-order chi connectivity index (χ1) is 4.33. The number of hydrogen-bond acceptors (Lipinski definition) is 1. The zero-order valence-electron chi connectivity index (χ0n) is 6.11. The molecule has 1 aliphatic rings. The molecule has 0 unspecified atom stereocenters. The van der Waals surface area contributed by atoms with Crippen LogP contribution in [0.2, 0.25) is 0 Å². The van der Waals surface area contributed by atoms with Crippen molar-refractivity contribution in [2.24, 2.45) is 5.92 Å². The van der Waals surface area contributed by atoms with E-state index >= 15 is 0 Å². The molecular weight excluding hydrogens is 110 g/mol. The van der Waals surface area contributed by atoms with Crippen molar-refractivity contribution in [1.82, 2.24) is 5.32 Å². The summed E-state index contributed by atoms with van der Waals surface area (Å²) in [4.78, 5) is 0. The first-order valence-electron chi connectivity index (χ1n) is 3.74. The van der Waals surface area contributed by atoms with Gasteiger partial charge in [-0.2, -0.15) is 0 Å². The normalized spacial score (nSPS) is 26.3. The Balaban J connectivity index is 2.22. The maximum absolute atomic E-state index is 3.88. The molecule has 1 heteroatoms. The number of hydrogen-bond donors (Lipinski definition) is 1. The van der Waals surface area contributed by atoms with Crippen LogP contribution >= 0.6 is 0 Å². The molecule has 1 rings (SSSR count). The van der Waals surface area contributed by atoms with Gasteiger partial charge in [0.1, 0.15) is 0 Å². The molecule has 1 aliphatic heterocycles. The molecule has 1 heterocycles. The van der Waals surface area contributed by atoms with Gasteiger partial charge in [-0.25, -0.2) is 0 Å². The zero-order valence-corrected chi connectivity index (χ0v) is 6.11. The molecule has 1 N–H and O–H groups in total. The molecule has 0 aliphatic carbocycles. The molecule has 1 nitrogen and oxygen atoms in total. The van der Waals surface area contributed by atoms with E-state index in [4.69, 9.17) is 0 Å². The SMILES string of the molecule is C=C1C[C@@H](CCC)CN1. The van der Waals surface area contributed by atoms with Crippen LogP contribution in [0.4, 0.5) is 0 Å². The van der Waals surface area contributed by atoms with E-state index in [0.717, 1.165) is 12.5 Å². The van der Waals surface area contributed by atoms with Gasteiger partial charge in [-0.1, -0.05) is 19.9 Å². The van der Waals surface area contributed by atoms with Gasteiger partial charge in [0.25, 0.3) is 0 Å². The Morgan fingerprint density at radius 3 is 3.00 bits per heavy atom. The quantitative estimate of drug-likeness (QED) is 0.594.